The molecule has 4 N–H and O–H groups in total. The van der Waals surface area contributed by atoms with Crippen LogP contribution in [0.4, 0.5) is 0 Å². The van der Waals surface area contributed by atoms with E-state index in [1.807, 2.05) is 13.1 Å². The summed E-state index contributed by atoms with van der Waals surface area (Å²) in [5.41, 5.74) is 7.22. The third-order valence-electron chi connectivity index (χ3n) is 1.85. The van der Waals surface area contributed by atoms with Crippen LogP contribution in [0.15, 0.2) is 16.9 Å². The van der Waals surface area contributed by atoms with Crippen LogP contribution in [0.3, 0.4) is 0 Å². The average Bonchev–Trinajstić information content (AvgIpc) is 2.69. The summed E-state index contributed by atoms with van der Waals surface area (Å²) in [6.07, 6.45) is 1.83. The number of thiazole rings is 1. The molecule has 1 heterocycles. The van der Waals surface area contributed by atoms with Crippen LogP contribution in [0, 0.1) is 5.92 Å². The molecule has 0 saturated carbocycles. The summed E-state index contributed by atoms with van der Waals surface area (Å²) in [5, 5.41) is 14.6. The van der Waals surface area contributed by atoms with Gasteiger partial charge in [-0.2, -0.15) is 0 Å². The fourth-order valence-corrected chi connectivity index (χ4v) is 1.51. The minimum absolute atomic E-state index is 0.0351. The molecule has 1 aromatic heterocycles. The molecule has 1 unspecified atom stereocenters. The second-order valence-electron chi connectivity index (χ2n) is 3.02. The fraction of sp³-hybridized carbons (Fsp3) is 0.500. The Morgan fingerprint density at radius 2 is 2.64 bits per heavy atom. The summed E-state index contributed by atoms with van der Waals surface area (Å²) >= 11 is 1.60. The SMILES string of the molecule is CC(CNCc1cncs1)C(N)=NO. The van der Waals surface area contributed by atoms with Gasteiger partial charge in [-0.15, -0.1) is 11.3 Å². The van der Waals surface area contributed by atoms with Gasteiger partial charge >= 0.3 is 0 Å². The summed E-state index contributed by atoms with van der Waals surface area (Å²) in [5.74, 6) is 0.287. The van der Waals surface area contributed by atoms with Crippen LogP contribution >= 0.6 is 11.3 Å². The summed E-state index contributed by atoms with van der Waals surface area (Å²) < 4.78 is 0. The number of amidine groups is 1. The van der Waals surface area contributed by atoms with Gasteiger partial charge in [0.1, 0.15) is 5.84 Å². The maximum atomic E-state index is 8.42. The minimum atomic E-state index is 0.0351. The molecule has 0 aliphatic carbocycles. The first-order valence-corrected chi connectivity index (χ1v) is 5.17. The third-order valence-corrected chi connectivity index (χ3v) is 2.63. The number of nitrogens with two attached hydrogens (primary N) is 1. The van der Waals surface area contributed by atoms with Crippen molar-refractivity contribution in [1.82, 2.24) is 10.3 Å². The summed E-state index contributed by atoms with van der Waals surface area (Å²) in [6.45, 7) is 3.36. The van der Waals surface area contributed by atoms with Gasteiger partial charge in [-0.05, 0) is 0 Å². The van der Waals surface area contributed by atoms with E-state index in [0.29, 0.717) is 6.54 Å². The molecule has 14 heavy (non-hydrogen) atoms. The number of hydrogen-bond acceptors (Lipinski definition) is 5. The molecular weight excluding hydrogens is 200 g/mol. The topological polar surface area (TPSA) is 83.5 Å². The Bertz CT molecular complexity index is 286. The van der Waals surface area contributed by atoms with Gasteiger partial charge < -0.3 is 16.3 Å². The van der Waals surface area contributed by atoms with Crippen molar-refractivity contribution in [2.24, 2.45) is 16.8 Å². The lowest BCUT2D eigenvalue weighted by Gasteiger charge is -2.09. The quantitative estimate of drug-likeness (QED) is 0.290. The summed E-state index contributed by atoms with van der Waals surface area (Å²) in [6, 6.07) is 0. The molecule has 1 atom stereocenters. The molecule has 0 saturated heterocycles. The van der Waals surface area contributed by atoms with Crippen molar-refractivity contribution >= 4 is 17.2 Å². The van der Waals surface area contributed by atoms with Gasteiger partial charge in [0.05, 0.1) is 5.51 Å². The van der Waals surface area contributed by atoms with Gasteiger partial charge in [0.15, 0.2) is 0 Å². The zero-order chi connectivity index (χ0) is 10.4. The van der Waals surface area contributed by atoms with Crippen LogP contribution in [-0.4, -0.2) is 22.6 Å². The highest BCUT2D eigenvalue weighted by Crippen LogP contribution is 2.04. The third kappa shape index (κ3) is 3.31. The number of hydrogen-bond donors (Lipinski definition) is 3. The van der Waals surface area contributed by atoms with Crippen LogP contribution in [0.5, 0.6) is 0 Å². The highest BCUT2D eigenvalue weighted by atomic mass is 32.1. The van der Waals surface area contributed by atoms with Crippen LogP contribution in [-0.2, 0) is 6.54 Å². The van der Waals surface area contributed by atoms with Crippen molar-refractivity contribution in [2.45, 2.75) is 13.5 Å². The van der Waals surface area contributed by atoms with Gasteiger partial charge in [-0.3, -0.25) is 4.98 Å². The molecule has 0 bridgehead atoms. The van der Waals surface area contributed by atoms with E-state index in [0.717, 1.165) is 6.54 Å². The van der Waals surface area contributed by atoms with Crippen molar-refractivity contribution in [1.29, 1.82) is 0 Å². The molecule has 0 radical (unpaired) electrons. The van der Waals surface area contributed by atoms with Gasteiger partial charge in [0.25, 0.3) is 0 Å². The number of nitrogens with one attached hydrogen (secondary N) is 1. The molecule has 0 aromatic carbocycles. The second kappa shape index (κ2) is 5.56. The van der Waals surface area contributed by atoms with E-state index < -0.39 is 0 Å². The van der Waals surface area contributed by atoms with Crippen LogP contribution in [0.2, 0.25) is 0 Å². The number of rotatable bonds is 5. The summed E-state index contributed by atoms with van der Waals surface area (Å²) in [7, 11) is 0. The Labute approximate surface area is 86.6 Å². The Hall–Kier alpha value is -1.14. The average molecular weight is 214 g/mol. The lowest BCUT2D eigenvalue weighted by atomic mass is 10.1. The standard InChI is InChI=1S/C8H14N4OS/c1-6(8(9)12-13)2-10-3-7-4-11-5-14-7/h4-6,10,13H,2-3H2,1H3,(H2,9,12). The molecule has 0 fully saturated rings. The van der Waals surface area contributed by atoms with E-state index in [1.54, 1.807) is 16.8 Å². The maximum Gasteiger partial charge on any atom is 0.143 e. The monoisotopic (exact) mass is 214 g/mol. The molecule has 0 aliphatic heterocycles. The Morgan fingerprint density at radius 1 is 1.86 bits per heavy atom. The molecule has 1 aromatic rings. The molecule has 1 rings (SSSR count). The first kappa shape index (κ1) is 10.9. The van der Waals surface area contributed by atoms with Crippen LogP contribution in [0.1, 0.15) is 11.8 Å². The first-order valence-electron chi connectivity index (χ1n) is 4.29. The molecule has 0 aliphatic rings. The molecule has 5 nitrogen and oxygen atoms in total. The van der Waals surface area contributed by atoms with Gasteiger partial charge in [-0.1, -0.05) is 12.1 Å². The molecule has 6 heteroatoms. The Morgan fingerprint density at radius 3 is 3.21 bits per heavy atom. The highest BCUT2D eigenvalue weighted by Gasteiger charge is 2.06. The molecule has 0 spiro atoms. The van der Waals surface area contributed by atoms with Crippen molar-refractivity contribution in [2.75, 3.05) is 6.54 Å². The zero-order valence-electron chi connectivity index (χ0n) is 7.97. The largest absolute Gasteiger partial charge is 0.409 e. The second-order valence-corrected chi connectivity index (χ2v) is 4.00. The molecule has 0 amide bonds. The number of nitrogens with zero attached hydrogens (tertiary/aromatic N) is 2. The van der Waals surface area contributed by atoms with E-state index in [-0.39, 0.29) is 11.8 Å². The maximum absolute atomic E-state index is 8.42. The lowest BCUT2D eigenvalue weighted by molar-refractivity contribution is 0.314. The zero-order valence-corrected chi connectivity index (χ0v) is 8.79. The van der Waals surface area contributed by atoms with Crippen molar-refractivity contribution in [3.8, 4) is 0 Å². The highest BCUT2D eigenvalue weighted by molar-refractivity contribution is 7.09. The van der Waals surface area contributed by atoms with Crippen LogP contribution < -0.4 is 11.1 Å². The molecular formula is C8H14N4OS. The van der Waals surface area contributed by atoms with E-state index in [4.69, 9.17) is 10.9 Å². The fourth-order valence-electron chi connectivity index (χ4n) is 0.944. The Balaban J connectivity index is 2.22. The predicted molar refractivity (Wildman–Crippen MR) is 56.4 cm³/mol. The van der Waals surface area contributed by atoms with Gasteiger partial charge in [0, 0.05) is 30.1 Å². The lowest BCUT2D eigenvalue weighted by Crippen LogP contribution is -2.30. The van der Waals surface area contributed by atoms with Gasteiger partial charge in [-0.25, -0.2) is 0 Å². The smallest absolute Gasteiger partial charge is 0.143 e. The van der Waals surface area contributed by atoms with E-state index >= 15 is 0 Å². The van der Waals surface area contributed by atoms with E-state index in [2.05, 4.69) is 15.5 Å². The van der Waals surface area contributed by atoms with E-state index in [9.17, 15) is 0 Å². The first-order chi connectivity index (χ1) is 6.74. The number of aromatic nitrogens is 1. The number of oxime groups is 1. The summed E-state index contributed by atoms with van der Waals surface area (Å²) in [4.78, 5) is 5.14. The predicted octanol–water partition coefficient (Wildman–Crippen LogP) is 0.615. The van der Waals surface area contributed by atoms with Crippen molar-refractivity contribution in [3.05, 3.63) is 16.6 Å². The van der Waals surface area contributed by atoms with Crippen molar-refractivity contribution in [3.63, 3.8) is 0 Å². The van der Waals surface area contributed by atoms with Gasteiger partial charge in [0.2, 0.25) is 0 Å². The molecule has 78 valence electrons. The van der Waals surface area contributed by atoms with Crippen molar-refractivity contribution < 1.29 is 5.21 Å². The van der Waals surface area contributed by atoms with Crippen LogP contribution in [0.25, 0.3) is 0 Å². The Kier molecular flexibility index (Phi) is 4.34. The minimum Gasteiger partial charge on any atom is -0.409 e. The van der Waals surface area contributed by atoms with E-state index in [1.165, 1.54) is 4.88 Å². The normalized spacial score (nSPS) is 14.2.